The molecule has 0 bridgehead atoms. The normalized spacial score (nSPS) is 20.4. The maximum Gasteiger partial charge on any atom is 0.165 e. The third-order valence-corrected chi connectivity index (χ3v) is 5.34. The molecule has 3 nitrogen and oxygen atoms in total. The van der Waals surface area contributed by atoms with Crippen molar-refractivity contribution in [3.63, 3.8) is 0 Å². The maximum absolute atomic E-state index is 12.3. The highest BCUT2D eigenvalue weighted by Crippen LogP contribution is 2.34. The van der Waals surface area contributed by atoms with Gasteiger partial charge in [-0.3, -0.25) is 4.21 Å². The monoisotopic (exact) mass is 280 g/mol. The Labute approximate surface area is 116 Å². The molecule has 104 valence electrons. The summed E-state index contributed by atoms with van der Waals surface area (Å²) in [6.07, 6.45) is 5.11. The van der Waals surface area contributed by atoms with E-state index in [9.17, 15) is 4.21 Å². The van der Waals surface area contributed by atoms with Crippen molar-refractivity contribution in [2.24, 2.45) is 5.92 Å². The summed E-state index contributed by atoms with van der Waals surface area (Å²) >= 11 is 0. The minimum atomic E-state index is -0.794. The SMILES string of the molecule is O=[S@@](Cc1cccc2c1OCCO2)CC1CCCC1. The van der Waals surface area contributed by atoms with Crippen LogP contribution in [0.5, 0.6) is 11.5 Å². The van der Waals surface area contributed by atoms with E-state index in [4.69, 9.17) is 9.47 Å². The molecule has 19 heavy (non-hydrogen) atoms. The predicted molar refractivity (Wildman–Crippen MR) is 76.1 cm³/mol. The van der Waals surface area contributed by atoms with Gasteiger partial charge in [0.15, 0.2) is 11.5 Å². The van der Waals surface area contributed by atoms with Gasteiger partial charge in [-0.15, -0.1) is 0 Å². The number of rotatable bonds is 4. The van der Waals surface area contributed by atoms with Gasteiger partial charge in [0.05, 0.1) is 5.75 Å². The molecule has 1 aromatic rings. The van der Waals surface area contributed by atoms with Crippen LogP contribution < -0.4 is 9.47 Å². The first-order valence-electron chi connectivity index (χ1n) is 7.05. The second-order valence-electron chi connectivity index (χ2n) is 5.34. The Morgan fingerprint density at radius 2 is 1.95 bits per heavy atom. The maximum atomic E-state index is 12.3. The summed E-state index contributed by atoms with van der Waals surface area (Å²) in [6, 6.07) is 5.87. The van der Waals surface area contributed by atoms with Gasteiger partial charge in [-0.2, -0.15) is 0 Å². The Hall–Kier alpha value is -1.03. The van der Waals surface area contributed by atoms with Crippen molar-refractivity contribution in [2.45, 2.75) is 31.4 Å². The van der Waals surface area contributed by atoms with Crippen molar-refractivity contribution in [3.8, 4) is 11.5 Å². The van der Waals surface area contributed by atoms with Gasteiger partial charge in [-0.25, -0.2) is 0 Å². The molecule has 3 rings (SSSR count). The fourth-order valence-electron chi connectivity index (χ4n) is 2.92. The van der Waals surface area contributed by atoms with E-state index in [0.29, 0.717) is 24.9 Å². The second-order valence-corrected chi connectivity index (χ2v) is 6.84. The molecule has 4 heteroatoms. The zero-order valence-corrected chi connectivity index (χ0v) is 11.9. The first-order chi connectivity index (χ1) is 9.33. The summed E-state index contributed by atoms with van der Waals surface area (Å²) in [5.41, 5.74) is 1.02. The fraction of sp³-hybridized carbons (Fsp3) is 0.600. The van der Waals surface area contributed by atoms with Crippen LogP contribution in [0, 0.1) is 5.92 Å². The average molecular weight is 280 g/mol. The molecule has 0 saturated heterocycles. The van der Waals surface area contributed by atoms with Crippen LogP contribution in [0.15, 0.2) is 18.2 Å². The number of para-hydroxylation sites is 1. The van der Waals surface area contributed by atoms with E-state index in [1.807, 2.05) is 18.2 Å². The van der Waals surface area contributed by atoms with Gasteiger partial charge < -0.3 is 9.47 Å². The van der Waals surface area contributed by atoms with E-state index < -0.39 is 10.8 Å². The molecule has 0 radical (unpaired) electrons. The first kappa shape index (κ1) is 13.0. The molecule has 0 spiro atoms. The largest absolute Gasteiger partial charge is 0.486 e. The van der Waals surface area contributed by atoms with Gasteiger partial charge in [0.1, 0.15) is 13.2 Å². The van der Waals surface area contributed by atoms with Crippen molar-refractivity contribution < 1.29 is 13.7 Å². The van der Waals surface area contributed by atoms with Gasteiger partial charge in [-0.05, 0) is 24.8 Å². The highest BCUT2D eigenvalue weighted by Gasteiger charge is 2.20. The lowest BCUT2D eigenvalue weighted by Crippen LogP contribution is -2.17. The molecule has 1 aliphatic carbocycles. The Bertz CT molecular complexity index is 466. The molecule has 1 aromatic carbocycles. The molecule has 1 heterocycles. The Morgan fingerprint density at radius 3 is 2.79 bits per heavy atom. The highest BCUT2D eigenvalue weighted by molar-refractivity contribution is 7.84. The molecule has 2 aliphatic rings. The predicted octanol–water partition coefficient (Wildman–Crippen LogP) is 2.90. The third-order valence-electron chi connectivity index (χ3n) is 3.86. The Balaban J connectivity index is 1.67. The van der Waals surface area contributed by atoms with Crippen LogP contribution in [-0.2, 0) is 16.6 Å². The molecular formula is C15H20O3S. The number of benzene rings is 1. The van der Waals surface area contributed by atoms with Gasteiger partial charge in [0.2, 0.25) is 0 Å². The summed E-state index contributed by atoms with van der Waals surface area (Å²) in [5.74, 6) is 3.68. The molecule has 1 atom stereocenters. The van der Waals surface area contributed by atoms with Crippen LogP contribution in [-0.4, -0.2) is 23.2 Å². The van der Waals surface area contributed by atoms with Gasteiger partial charge >= 0.3 is 0 Å². The van der Waals surface area contributed by atoms with E-state index in [0.717, 1.165) is 22.8 Å². The summed E-state index contributed by atoms with van der Waals surface area (Å²) < 4.78 is 23.5. The minimum Gasteiger partial charge on any atom is -0.486 e. The van der Waals surface area contributed by atoms with Crippen LogP contribution in [0.25, 0.3) is 0 Å². The van der Waals surface area contributed by atoms with E-state index in [1.54, 1.807) is 0 Å². The van der Waals surface area contributed by atoms with Crippen molar-refractivity contribution in [2.75, 3.05) is 19.0 Å². The third kappa shape index (κ3) is 3.11. The van der Waals surface area contributed by atoms with Crippen molar-refractivity contribution in [1.29, 1.82) is 0 Å². The van der Waals surface area contributed by atoms with Crippen LogP contribution in [0.2, 0.25) is 0 Å². The smallest absolute Gasteiger partial charge is 0.165 e. The molecule has 0 N–H and O–H groups in total. The van der Waals surface area contributed by atoms with E-state index in [1.165, 1.54) is 25.7 Å². The van der Waals surface area contributed by atoms with E-state index in [-0.39, 0.29) is 0 Å². The molecular weight excluding hydrogens is 260 g/mol. The summed E-state index contributed by atoms with van der Waals surface area (Å²) in [6.45, 7) is 1.18. The van der Waals surface area contributed by atoms with Crippen molar-refractivity contribution in [3.05, 3.63) is 23.8 Å². The fourth-order valence-corrected chi connectivity index (χ4v) is 4.47. The summed E-state index contributed by atoms with van der Waals surface area (Å²) in [4.78, 5) is 0. The first-order valence-corrected chi connectivity index (χ1v) is 8.54. The molecule has 0 amide bonds. The lowest BCUT2D eigenvalue weighted by Gasteiger charge is -2.21. The summed E-state index contributed by atoms with van der Waals surface area (Å²) in [5, 5.41) is 0. The van der Waals surface area contributed by atoms with Gasteiger partial charge in [0.25, 0.3) is 0 Å². The average Bonchev–Trinajstić information content (AvgIpc) is 2.92. The van der Waals surface area contributed by atoms with Crippen molar-refractivity contribution in [1.82, 2.24) is 0 Å². The Kier molecular flexibility index (Phi) is 4.06. The second kappa shape index (κ2) is 5.95. The molecule has 1 saturated carbocycles. The standard InChI is InChI=1S/C15H20O3S/c16-19(10-12-4-1-2-5-12)11-13-6-3-7-14-15(13)18-9-8-17-14/h3,6-7,12H,1-2,4-5,8-11H2/t19-/m1/s1. The lowest BCUT2D eigenvalue weighted by molar-refractivity contribution is 0.170. The Morgan fingerprint density at radius 1 is 1.16 bits per heavy atom. The molecule has 1 aliphatic heterocycles. The lowest BCUT2D eigenvalue weighted by atomic mass is 10.1. The number of hydrogen-bond donors (Lipinski definition) is 0. The zero-order valence-electron chi connectivity index (χ0n) is 11.1. The molecule has 0 unspecified atom stereocenters. The van der Waals surface area contributed by atoms with E-state index >= 15 is 0 Å². The van der Waals surface area contributed by atoms with Crippen LogP contribution in [0.4, 0.5) is 0 Å². The van der Waals surface area contributed by atoms with Crippen LogP contribution in [0.1, 0.15) is 31.2 Å². The molecule has 1 fully saturated rings. The number of ether oxygens (including phenoxy) is 2. The van der Waals surface area contributed by atoms with E-state index in [2.05, 4.69) is 0 Å². The van der Waals surface area contributed by atoms with Crippen LogP contribution in [0.3, 0.4) is 0 Å². The van der Waals surface area contributed by atoms with Gasteiger partial charge in [0, 0.05) is 22.1 Å². The van der Waals surface area contributed by atoms with Crippen LogP contribution >= 0.6 is 0 Å². The minimum absolute atomic E-state index is 0.583. The topological polar surface area (TPSA) is 35.5 Å². The quantitative estimate of drug-likeness (QED) is 0.850. The highest BCUT2D eigenvalue weighted by atomic mass is 32.2. The zero-order chi connectivity index (χ0) is 13.1. The number of fused-ring (bicyclic) bond motifs is 1. The number of hydrogen-bond acceptors (Lipinski definition) is 3. The van der Waals surface area contributed by atoms with Crippen molar-refractivity contribution >= 4 is 10.8 Å². The summed E-state index contributed by atoms with van der Waals surface area (Å²) in [7, 11) is -0.794. The molecule has 0 aromatic heterocycles. The van der Waals surface area contributed by atoms with Gasteiger partial charge in [-0.1, -0.05) is 25.0 Å².